The van der Waals surface area contributed by atoms with Crippen LogP contribution >= 0.6 is 0 Å². The smallest absolute Gasteiger partial charge is 0.311 e. The van der Waals surface area contributed by atoms with E-state index < -0.39 is 40.9 Å². The molecule has 0 bridgehead atoms. The monoisotopic (exact) mass is 226 g/mol. The Labute approximate surface area is 82.7 Å². The van der Waals surface area contributed by atoms with Gasteiger partial charge in [0, 0.05) is 9.85 Å². The average molecular weight is 226 g/mol. The van der Waals surface area contributed by atoms with Crippen LogP contribution < -0.4 is 0 Å². The van der Waals surface area contributed by atoms with Gasteiger partial charge in [0.2, 0.25) is 0 Å². The van der Waals surface area contributed by atoms with Gasteiger partial charge in [-0.1, -0.05) is 0 Å². The fourth-order valence-corrected chi connectivity index (χ4v) is 0.969. The summed E-state index contributed by atoms with van der Waals surface area (Å²) in [7, 11) is 0. The third-order valence-electron chi connectivity index (χ3n) is 1.75. The topological polar surface area (TPSA) is 167 Å². The van der Waals surface area contributed by atoms with Gasteiger partial charge in [-0.25, -0.2) is 0 Å². The molecule has 0 heterocycles. The lowest BCUT2D eigenvalue weighted by molar-refractivity contribution is -0.629. The Balaban J connectivity index is 4.94. The van der Waals surface area contributed by atoms with Gasteiger partial charge in [-0.15, -0.1) is 0 Å². The molecule has 15 heavy (non-hydrogen) atoms. The van der Waals surface area contributed by atoms with Crippen LogP contribution in [0.4, 0.5) is 0 Å². The van der Waals surface area contributed by atoms with Crippen LogP contribution in [0.5, 0.6) is 0 Å². The molecule has 0 radical (unpaired) electrons. The van der Waals surface area contributed by atoms with E-state index >= 15 is 0 Å². The van der Waals surface area contributed by atoms with E-state index in [0.717, 1.165) is 0 Å². The zero-order chi connectivity index (χ0) is 12.2. The van der Waals surface area contributed by atoms with Crippen molar-refractivity contribution in [2.75, 3.05) is 6.61 Å². The Kier molecular flexibility index (Phi) is 5.00. The van der Waals surface area contributed by atoms with Crippen molar-refractivity contribution in [1.29, 1.82) is 0 Å². The van der Waals surface area contributed by atoms with Gasteiger partial charge in [-0.3, -0.25) is 20.2 Å². The second kappa shape index (κ2) is 5.50. The van der Waals surface area contributed by atoms with Crippen LogP contribution in [0.1, 0.15) is 0 Å². The van der Waals surface area contributed by atoms with Crippen molar-refractivity contribution >= 4 is 0 Å². The van der Waals surface area contributed by atoms with E-state index in [0.29, 0.717) is 0 Å². The molecule has 0 aromatic rings. The third-order valence-corrected chi connectivity index (χ3v) is 1.75. The number of nitrogens with zero attached hydrogens (tertiary/aromatic N) is 2. The van der Waals surface area contributed by atoms with Gasteiger partial charge in [0.15, 0.2) is 12.4 Å². The minimum Gasteiger partial charge on any atom is -0.389 e. The third kappa shape index (κ3) is 3.36. The van der Waals surface area contributed by atoms with Crippen LogP contribution in [0, 0.1) is 20.2 Å². The van der Waals surface area contributed by atoms with Crippen molar-refractivity contribution in [2.24, 2.45) is 0 Å². The largest absolute Gasteiger partial charge is 0.389 e. The number of hydrogen-bond acceptors (Lipinski definition) is 8. The van der Waals surface area contributed by atoms with Gasteiger partial charge in [-0.2, -0.15) is 0 Å². The molecule has 0 aromatic heterocycles. The van der Waals surface area contributed by atoms with Gasteiger partial charge < -0.3 is 20.4 Å². The fourth-order valence-electron chi connectivity index (χ4n) is 0.969. The molecule has 10 heteroatoms. The Hall–Kier alpha value is -1.36. The highest BCUT2D eigenvalue weighted by Gasteiger charge is 2.48. The molecule has 88 valence electrons. The van der Waals surface area contributed by atoms with Crippen molar-refractivity contribution in [1.82, 2.24) is 0 Å². The van der Waals surface area contributed by atoms with Gasteiger partial charge in [0.25, 0.3) is 0 Å². The van der Waals surface area contributed by atoms with Crippen molar-refractivity contribution in [2.45, 2.75) is 24.5 Å². The summed E-state index contributed by atoms with van der Waals surface area (Å²) in [5, 5.41) is 55.0. The first kappa shape index (κ1) is 13.6. The summed E-state index contributed by atoms with van der Waals surface area (Å²) in [6, 6.07) is -4.39. The van der Waals surface area contributed by atoms with Crippen molar-refractivity contribution in [3.8, 4) is 0 Å². The highest BCUT2D eigenvalue weighted by Crippen LogP contribution is 2.09. The summed E-state index contributed by atoms with van der Waals surface area (Å²) in [5.74, 6) is 0. The molecule has 0 aliphatic rings. The summed E-state index contributed by atoms with van der Waals surface area (Å²) in [4.78, 5) is 18.2. The summed E-state index contributed by atoms with van der Waals surface area (Å²) in [6.45, 7) is -1.19. The van der Waals surface area contributed by atoms with E-state index in [-0.39, 0.29) is 0 Å². The minimum atomic E-state index is -2.49. The fraction of sp³-hybridized carbons (Fsp3) is 1.00. The van der Waals surface area contributed by atoms with Crippen LogP contribution in [0.15, 0.2) is 0 Å². The number of aliphatic hydroxyl groups excluding tert-OH is 3. The first-order chi connectivity index (χ1) is 6.82. The molecule has 10 nitrogen and oxygen atoms in total. The van der Waals surface area contributed by atoms with Crippen molar-refractivity contribution < 1.29 is 30.3 Å². The highest BCUT2D eigenvalue weighted by molar-refractivity contribution is 4.77. The second-order valence-corrected chi connectivity index (χ2v) is 2.72. The molecule has 0 aliphatic heterocycles. The van der Waals surface area contributed by atoms with Crippen LogP contribution in [0.25, 0.3) is 0 Å². The quantitative estimate of drug-likeness (QED) is 0.210. The van der Waals surface area contributed by atoms with Gasteiger partial charge in [0.1, 0.15) is 6.61 Å². The average Bonchev–Trinajstić information content (AvgIpc) is 2.11. The summed E-state index contributed by atoms with van der Waals surface area (Å²) in [6.07, 6.45) is -4.84. The van der Waals surface area contributed by atoms with Crippen LogP contribution in [-0.4, -0.2) is 61.4 Å². The molecular weight excluding hydrogens is 216 g/mol. The summed E-state index contributed by atoms with van der Waals surface area (Å²) >= 11 is 0. The van der Waals surface area contributed by atoms with E-state index in [2.05, 4.69) is 0 Å². The Morgan fingerprint density at radius 1 is 1.07 bits per heavy atom. The van der Waals surface area contributed by atoms with Gasteiger partial charge in [-0.05, 0) is 0 Å². The van der Waals surface area contributed by atoms with Crippen LogP contribution in [-0.2, 0) is 0 Å². The predicted molar refractivity (Wildman–Crippen MR) is 42.9 cm³/mol. The predicted octanol–water partition coefficient (Wildman–Crippen LogP) is -3.06. The Morgan fingerprint density at radius 3 is 1.73 bits per heavy atom. The van der Waals surface area contributed by atoms with E-state index in [1.165, 1.54) is 0 Å². The lowest BCUT2D eigenvalue weighted by Crippen LogP contribution is -2.53. The SMILES string of the molecule is O=[N+]([O-])C(CO)C(C(O)C(O)O)[N+](=O)[O-]. The van der Waals surface area contributed by atoms with E-state index in [9.17, 15) is 20.2 Å². The standard InChI is InChI=1S/C5H10N2O8/c8-1-2(6(12)13)3(7(14)15)4(9)5(10)11/h2-5,8-11H,1H2. The molecule has 0 saturated heterocycles. The van der Waals surface area contributed by atoms with E-state index in [1.807, 2.05) is 0 Å². The van der Waals surface area contributed by atoms with E-state index in [4.69, 9.17) is 20.4 Å². The van der Waals surface area contributed by atoms with Gasteiger partial charge >= 0.3 is 12.1 Å². The molecule has 0 aromatic carbocycles. The lowest BCUT2D eigenvalue weighted by atomic mass is 10.0. The van der Waals surface area contributed by atoms with Crippen molar-refractivity contribution in [3.05, 3.63) is 20.2 Å². The normalized spacial score (nSPS) is 17.1. The maximum atomic E-state index is 10.4. The molecule has 0 saturated carbocycles. The van der Waals surface area contributed by atoms with Crippen molar-refractivity contribution in [3.63, 3.8) is 0 Å². The molecular formula is C5H10N2O8. The summed E-state index contributed by atoms with van der Waals surface area (Å²) < 4.78 is 0. The zero-order valence-electron chi connectivity index (χ0n) is 7.33. The molecule has 3 atom stereocenters. The number of aliphatic hydroxyl groups is 4. The number of rotatable bonds is 6. The lowest BCUT2D eigenvalue weighted by Gasteiger charge is -2.18. The van der Waals surface area contributed by atoms with Crippen LogP contribution in [0.3, 0.4) is 0 Å². The maximum Gasteiger partial charge on any atom is 0.311 e. The van der Waals surface area contributed by atoms with Crippen LogP contribution in [0.2, 0.25) is 0 Å². The molecule has 0 spiro atoms. The van der Waals surface area contributed by atoms with E-state index in [1.54, 1.807) is 0 Å². The van der Waals surface area contributed by atoms with Gasteiger partial charge in [0.05, 0.1) is 0 Å². The Bertz CT molecular complexity index is 243. The Morgan fingerprint density at radius 2 is 1.53 bits per heavy atom. The minimum absolute atomic E-state index is 1.17. The zero-order valence-corrected chi connectivity index (χ0v) is 7.33. The molecule has 4 N–H and O–H groups in total. The molecule has 0 aliphatic carbocycles. The number of nitro groups is 2. The highest BCUT2D eigenvalue weighted by atomic mass is 16.6. The maximum absolute atomic E-state index is 10.4. The summed E-state index contributed by atoms with van der Waals surface area (Å²) in [5.41, 5.74) is 0. The molecule has 3 unspecified atom stereocenters. The first-order valence-electron chi connectivity index (χ1n) is 3.75. The first-order valence-corrected chi connectivity index (χ1v) is 3.75. The number of hydrogen-bond donors (Lipinski definition) is 4. The second-order valence-electron chi connectivity index (χ2n) is 2.72. The molecule has 0 amide bonds. The molecule has 0 fully saturated rings. The molecule has 0 rings (SSSR count).